The fourth-order valence-electron chi connectivity index (χ4n) is 1.98. The molecule has 2 aromatic rings. The van der Waals surface area contributed by atoms with Gasteiger partial charge in [-0.1, -0.05) is 18.5 Å². The summed E-state index contributed by atoms with van der Waals surface area (Å²) in [6, 6.07) is 6.10. The Morgan fingerprint density at radius 1 is 1.30 bits per heavy atom. The van der Waals surface area contributed by atoms with Crippen LogP contribution in [0.15, 0.2) is 36.7 Å². The van der Waals surface area contributed by atoms with Crippen molar-refractivity contribution in [3.8, 4) is 0 Å². The van der Waals surface area contributed by atoms with E-state index < -0.39 is 0 Å². The fourth-order valence-corrected chi connectivity index (χ4v) is 2.18. The van der Waals surface area contributed by atoms with Crippen molar-refractivity contribution in [3.05, 3.63) is 58.9 Å². The first-order chi connectivity index (χ1) is 9.70. The molecule has 5 heteroatoms. The molecular weight excluding hydrogens is 277 g/mol. The Bertz CT molecular complexity index is 548. The van der Waals surface area contributed by atoms with Crippen LogP contribution in [0, 0.1) is 5.82 Å². The molecule has 20 heavy (non-hydrogen) atoms. The molecule has 106 valence electrons. The molecule has 1 unspecified atom stereocenters. The van der Waals surface area contributed by atoms with E-state index in [1.165, 1.54) is 12.1 Å². The van der Waals surface area contributed by atoms with Gasteiger partial charge < -0.3 is 5.32 Å². The second-order valence-corrected chi connectivity index (χ2v) is 4.96. The number of benzene rings is 1. The van der Waals surface area contributed by atoms with Gasteiger partial charge in [0.15, 0.2) is 0 Å². The predicted molar refractivity (Wildman–Crippen MR) is 78.2 cm³/mol. The third-order valence-corrected chi connectivity index (χ3v) is 3.34. The SMILES string of the molecule is CCCNC(Cc1cc(F)ccc1Cl)c1ncccn1. The molecule has 0 fully saturated rings. The van der Waals surface area contributed by atoms with Crippen molar-refractivity contribution in [1.82, 2.24) is 15.3 Å². The van der Waals surface area contributed by atoms with E-state index >= 15 is 0 Å². The molecule has 1 aromatic carbocycles. The Kier molecular flexibility index (Phi) is 5.44. The van der Waals surface area contributed by atoms with Crippen LogP contribution >= 0.6 is 11.6 Å². The van der Waals surface area contributed by atoms with E-state index in [1.807, 2.05) is 0 Å². The Balaban J connectivity index is 2.21. The van der Waals surface area contributed by atoms with Gasteiger partial charge in [-0.2, -0.15) is 0 Å². The van der Waals surface area contributed by atoms with Gasteiger partial charge in [0.25, 0.3) is 0 Å². The van der Waals surface area contributed by atoms with Gasteiger partial charge in [-0.3, -0.25) is 0 Å². The average molecular weight is 294 g/mol. The molecule has 0 bridgehead atoms. The molecular formula is C15H17ClFN3. The van der Waals surface area contributed by atoms with Crippen molar-refractivity contribution in [3.63, 3.8) is 0 Å². The van der Waals surface area contributed by atoms with Crippen molar-refractivity contribution in [1.29, 1.82) is 0 Å². The molecule has 1 atom stereocenters. The number of hydrogen-bond acceptors (Lipinski definition) is 3. The highest BCUT2D eigenvalue weighted by molar-refractivity contribution is 6.31. The highest BCUT2D eigenvalue weighted by Gasteiger charge is 2.16. The standard InChI is InChI=1S/C15H17ClFN3/c1-2-6-18-14(15-19-7-3-8-20-15)10-11-9-12(17)4-5-13(11)16/h3-5,7-9,14,18H,2,6,10H2,1H3. The lowest BCUT2D eigenvalue weighted by Crippen LogP contribution is -2.26. The number of aromatic nitrogens is 2. The van der Waals surface area contributed by atoms with Gasteiger partial charge in [0.1, 0.15) is 11.6 Å². The largest absolute Gasteiger partial charge is 0.307 e. The molecule has 0 aliphatic carbocycles. The maximum atomic E-state index is 13.3. The van der Waals surface area contributed by atoms with Crippen LogP contribution in [0.25, 0.3) is 0 Å². The fraction of sp³-hybridized carbons (Fsp3) is 0.333. The quantitative estimate of drug-likeness (QED) is 0.885. The van der Waals surface area contributed by atoms with Crippen molar-refractivity contribution in [2.45, 2.75) is 25.8 Å². The highest BCUT2D eigenvalue weighted by Crippen LogP contribution is 2.22. The van der Waals surface area contributed by atoms with E-state index in [0.717, 1.165) is 18.5 Å². The Hall–Kier alpha value is -1.52. The molecule has 0 radical (unpaired) electrons. The van der Waals surface area contributed by atoms with Crippen LogP contribution in [-0.2, 0) is 6.42 Å². The van der Waals surface area contributed by atoms with E-state index in [9.17, 15) is 4.39 Å². The highest BCUT2D eigenvalue weighted by atomic mass is 35.5. The summed E-state index contributed by atoms with van der Waals surface area (Å²) in [6.45, 7) is 2.93. The zero-order valence-electron chi connectivity index (χ0n) is 11.3. The van der Waals surface area contributed by atoms with E-state index in [0.29, 0.717) is 17.3 Å². The topological polar surface area (TPSA) is 37.8 Å². The average Bonchev–Trinajstić information content (AvgIpc) is 2.48. The molecule has 0 saturated heterocycles. The predicted octanol–water partition coefficient (Wildman–Crippen LogP) is 3.55. The van der Waals surface area contributed by atoms with E-state index in [2.05, 4.69) is 22.2 Å². The smallest absolute Gasteiger partial charge is 0.145 e. The number of nitrogens with one attached hydrogen (secondary N) is 1. The Morgan fingerprint density at radius 2 is 2.05 bits per heavy atom. The molecule has 2 rings (SSSR count). The Morgan fingerprint density at radius 3 is 2.75 bits per heavy atom. The van der Waals surface area contributed by atoms with Crippen LogP contribution in [-0.4, -0.2) is 16.5 Å². The van der Waals surface area contributed by atoms with Crippen molar-refractivity contribution in [2.75, 3.05) is 6.54 Å². The van der Waals surface area contributed by atoms with Gasteiger partial charge in [0, 0.05) is 17.4 Å². The summed E-state index contributed by atoms with van der Waals surface area (Å²) in [5, 5.41) is 3.94. The summed E-state index contributed by atoms with van der Waals surface area (Å²) in [6.07, 6.45) is 4.97. The van der Waals surface area contributed by atoms with E-state index in [-0.39, 0.29) is 11.9 Å². The minimum absolute atomic E-state index is 0.0737. The summed E-state index contributed by atoms with van der Waals surface area (Å²) < 4.78 is 13.3. The van der Waals surface area contributed by atoms with E-state index in [4.69, 9.17) is 11.6 Å². The van der Waals surface area contributed by atoms with Gasteiger partial charge in [-0.15, -0.1) is 0 Å². The minimum Gasteiger partial charge on any atom is -0.307 e. The van der Waals surface area contributed by atoms with Crippen LogP contribution in [0.4, 0.5) is 4.39 Å². The lowest BCUT2D eigenvalue weighted by atomic mass is 10.0. The van der Waals surface area contributed by atoms with Gasteiger partial charge in [0.2, 0.25) is 0 Å². The second-order valence-electron chi connectivity index (χ2n) is 4.55. The maximum Gasteiger partial charge on any atom is 0.145 e. The van der Waals surface area contributed by atoms with Crippen LogP contribution in [0.2, 0.25) is 5.02 Å². The van der Waals surface area contributed by atoms with Crippen LogP contribution < -0.4 is 5.32 Å². The summed E-state index contributed by atoms with van der Waals surface area (Å²) in [5.41, 5.74) is 0.757. The summed E-state index contributed by atoms with van der Waals surface area (Å²) >= 11 is 6.13. The molecule has 1 aromatic heterocycles. The summed E-state index contributed by atoms with van der Waals surface area (Å²) in [5.74, 6) is 0.411. The second kappa shape index (κ2) is 7.31. The van der Waals surface area contributed by atoms with Crippen molar-refractivity contribution >= 4 is 11.6 Å². The minimum atomic E-state index is -0.285. The molecule has 0 saturated carbocycles. The number of nitrogens with zero attached hydrogens (tertiary/aromatic N) is 2. The Labute approximate surface area is 123 Å². The molecule has 1 heterocycles. The molecule has 0 aliphatic rings. The molecule has 0 spiro atoms. The first kappa shape index (κ1) is 14.9. The lowest BCUT2D eigenvalue weighted by Gasteiger charge is -2.17. The summed E-state index contributed by atoms with van der Waals surface area (Å²) in [4.78, 5) is 8.54. The van der Waals surface area contributed by atoms with Crippen LogP contribution in [0.5, 0.6) is 0 Å². The van der Waals surface area contributed by atoms with Gasteiger partial charge in [-0.25, -0.2) is 14.4 Å². The zero-order chi connectivity index (χ0) is 14.4. The van der Waals surface area contributed by atoms with Crippen molar-refractivity contribution < 1.29 is 4.39 Å². The van der Waals surface area contributed by atoms with Gasteiger partial charge in [0.05, 0.1) is 6.04 Å². The van der Waals surface area contributed by atoms with Gasteiger partial charge in [-0.05, 0) is 49.2 Å². The first-order valence-electron chi connectivity index (χ1n) is 6.65. The first-order valence-corrected chi connectivity index (χ1v) is 7.02. The summed E-state index contributed by atoms with van der Waals surface area (Å²) in [7, 11) is 0. The number of rotatable bonds is 6. The number of hydrogen-bond donors (Lipinski definition) is 1. The third-order valence-electron chi connectivity index (χ3n) is 2.97. The van der Waals surface area contributed by atoms with Gasteiger partial charge >= 0.3 is 0 Å². The zero-order valence-corrected chi connectivity index (χ0v) is 12.1. The normalized spacial score (nSPS) is 12.3. The monoisotopic (exact) mass is 293 g/mol. The maximum absolute atomic E-state index is 13.3. The lowest BCUT2D eigenvalue weighted by molar-refractivity contribution is 0.503. The van der Waals surface area contributed by atoms with E-state index in [1.54, 1.807) is 24.5 Å². The van der Waals surface area contributed by atoms with Crippen molar-refractivity contribution in [2.24, 2.45) is 0 Å². The number of halogens is 2. The molecule has 1 N–H and O–H groups in total. The molecule has 0 aliphatic heterocycles. The van der Waals surface area contributed by atoms with Crippen LogP contribution in [0.1, 0.15) is 30.8 Å². The van der Waals surface area contributed by atoms with Crippen LogP contribution in [0.3, 0.4) is 0 Å². The third kappa shape index (κ3) is 3.99. The molecule has 3 nitrogen and oxygen atoms in total. The molecule has 0 amide bonds.